The Bertz CT molecular complexity index is 685. The fourth-order valence-corrected chi connectivity index (χ4v) is 1.49. The molecule has 0 saturated carbocycles. The van der Waals surface area contributed by atoms with Gasteiger partial charge in [-0.25, -0.2) is 9.78 Å². The molecule has 6 heteroatoms. The largest absolute Gasteiger partial charge is 0.478 e. The van der Waals surface area contributed by atoms with E-state index in [9.17, 15) is 4.79 Å². The lowest BCUT2D eigenvalue weighted by Gasteiger charge is -1.91. The average molecular weight is 230 g/mol. The number of aromatic carboxylic acids is 1. The van der Waals surface area contributed by atoms with Crippen LogP contribution >= 0.6 is 0 Å². The molecule has 17 heavy (non-hydrogen) atoms. The minimum atomic E-state index is -1.01. The zero-order valence-electron chi connectivity index (χ0n) is 8.45. The van der Waals surface area contributed by atoms with Gasteiger partial charge in [-0.1, -0.05) is 5.16 Å². The summed E-state index contributed by atoms with van der Waals surface area (Å²) in [6.45, 7) is 0. The fourth-order valence-electron chi connectivity index (χ4n) is 1.49. The Hall–Kier alpha value is -2.63. The van der Waals surface area contributed by atoms with Gasteiger partial charge in [0.15, 0.2) is 11.3 Å². The van der Waals surface area contributed by atoms with Crippen LogP contribution in [0.4, 0.5) is 0 Å². The first-order valence-electron chi connectivity index (χ1n) is 4.79. The third kappa shape index (κ3) is 1.55. The molecule has 0 fully saturated rings. The first-order chi connectivity index (χ1) is 8.24. The smallest absolute Gasteiger partial charge is 0.335 e. The van der Waals surface area contributed by atoms with Gasteiger partial charge in [0, 0.05) is 6.07 Å². The van der Waals surface area contributed by atoms with Crippen LogP contribution in [0, 0.1) is 0 Å². The molecule has 0 aliphatic rings. The van der Waals surface area contributed by atoms with Crippen molar-refractivity contribution < 1.29 is 18.8 Å². The van der Waals surface area contributed by atoms with Crippen LogP contribution in [0.5, 0.6) is 0 Å². The van der Waals surface area contributed by atoms with Crippen molar-refractivity contribution in [1.29, 1.82) is 0 Å². The Labute approximate surface area is 94.5 Å². The van der Waals surface area contributed by atoms with Gasteiger partial charge in [-0.3, -0.25) is 0 Å². The molecule has 0 aliphatic heterocycles. The van der Waals surface area contributed by atoms with E-state index < -0.39 is 5.97 Å². The van der Waals surface area contributed by atoms with Crippen molar-refractivity contribution in [3.8, 4) is 11.6 Å². The number of fused-ring (bicyclic) bond motifs is 1. The van der Waals surface area contributed by atoms with Gasteiger partial charge in [-0.15, -0.1) is 0 Å². The molecule has 3 aromatic rings. The topological polar surface area (TPSA) is 89.4 Å². The second kappa shape index (κ2) is 3.44. The van der Waals surface area contributed by atoms with Crippen LogP contribution in [-0.2, 0) is 0 Å². The summed E-state index contributed by atoms with van der Waals surface area (Å²) >= 11 is 0. The van der Waals surface area contributed by atoms with Gasteiger partial charge in [0.1, 0.15) is 11.8 Å². The molecule has 0 unspecified atom stereocenters. The Morgan fingerprint density at radius 3 is 2.88 bits per heavy atom. The van der Waals surface area contributed by atoms with E-state index in [0.717, 1.165) is 0 Å². The molecular formula is C11H6N2O4. The maximum Gasteiger partial charge on any atom is 0.335 e. The van der Waals surface area contributed by atoms with E-state index in [2.05, 4.69) is 14.7 Å². The Balaban J connectivity index is 2.16. The van der Waals surface area contributed by atoms with E-state index in [1.54, 1.807) is 12.1 Å². The summed E-state index contributed by atoms with van der Waals surface area (Å²) in [7, 11) is 0. The van der Waals surface area contributed by atoms with Gasteiger partial charge >= 0.3 is 5.97 Å². The van der Waals surface area contributed by atoms with Crippen LogP contribution in [0.1, 0.15) is 10.4 Å². The van der Waals surface area contributed by atoms with Gasteiger partial charge in [0.05, 0.1) is 5.56 Å². The highest BCUT2D eigenvalue weighted by Gasteiger charge is 2.12. The number of hydrogen-bond donors (Lipinski definition) is 1. The van der Waals surface area contributed by atoms with Crippen molar-refractivity contribution in [2.45, 2.75) is 0 Å². The molecule has 1 N–H and O–H groups in total. The van der Waals surface area contributed by atoms with E-state index >= 15 is 0 Å². The van der Waals surface area contributed by atoms with Crippen molar-refractivity contribution in [2.24, 2.45) is 0 Å². The maximum atomic E-state index is 10.8. The number of nitrogens with zero attached hydrogens (tertiary/aromatic N) is 2. The monoisotopic (exact) mass is 230 g/mol. The van der Waals surface area contributed by atoms with Crippen LogP contribution in [0.15, 0.2) is 39.5 Å². The number of oxazole rings is 1. The number of carbonyl (C=O) groups is 1. The van der Waals surface area contributed by atoms with E-state index in [0.29, 0.717) is 22.7 Å². The van der Waals surface area contributed by atoms with Crippen molar-refractivity contribution in [2.75, 3.05) is 0 Å². The fraction of sp³-hybridized carbons (Fsp3) is 0. The molecule has 0 spiro atoms. The average Bonchev–Trinajstić information content (AvgIpc) is 2.96. The number of aromatic nitrogens is 2. The van der Waals surface area contributed by atoms with E-state index in [1.807, 2.05) is 0 Å². The second-order valence-corrected chi connectivity index (χ2v) is 3.39. The van der Waals surface area contributed by atoms with Gasteiger partial charge in [-0.2, -0.15) is 0 Å². The molecule has 0 radical (unpaired) electrons. The second-order valence-electron chi connectivity index (χ2n) is 3.39. The summed E-state index contributed by atoms with van der Waals surface area (Å²) in [5.41, 5.74) is 1.61. The molecule has 0 amide bonds. The summed E-state index contributed by atoms with van der Waals surface area (Å²) in [4.78, 5) is 15.0. The van der Waals surface area contributed by atoms with Crippen LogP contribution in [0.25, 0.3) is 22.7 Å². The minimum Gasteiger partial charge on any atom is -0.478 e. The van der Waals surface area contributed by atoms with Gasteiger partial charge in [0.2, 0.25) is 5.89 Å². The normalized spacial score (nSPS) is 10.8. The van der Waals surface area contributed by atoms with E-state index in [4.69, 9.17) is 9.52 Å². The molecule has 0 aliphatic carbocycles. The number of hydrogen-bond acceptors (Lipinski definition) is 5. The highest BCUT2D eigenvalue weighted by Crippen LogP contribution is 2.23. The standard InChI is InChI=1S/C11H6N2O4/c14-11(15)6-1-2-7-9(5-6)17-10(12-7)8-3-4-16-13-8/h1-5H,(H,14,15). The van der Waals surface area contributed by atoms with Gasteiger partial charge in [-0.05, 0) is 18.2 Å². The summed E-state index contributed by atoms with van der Waals surface area (Å²) in [5, 5.41) is 12.5. The summed E-state index contributed by atoms with van der Waals surface area (Å²) in [6.07, 6.45) is 1.41. The third-order valence-electron chi connectivity index (χ3n) is 2.29. The molecule has 1 aromatic carbocycles. The van der Waals surface area contributed by atoms with Crippen molar-refractivity contribution >= 4 is 17.1 Å². The highest BCUT2D eigenvalue weighted by molar-refractivity contribution is 5.92. The van der Waals surface area contributed by atoms with E-state index in [1.165, 1.54) is 18.4 Å². The third-order valence-corrected chi connectivity index (χ3v) is 2.29. The molecule has 2 aromatic heterocycles. The zero-order chi connectivity index (χ0) is 11.8. The molecule has 2 heterocycles. The number of carboxylic acid groups (broad SMARTS) is 1. The molecular weight excluding hydrogens is 224 g/mol. The molecule has 0 atom stereocenters. The molecule has 84 valence electrons. The molecule has 6 nitrogen and oxygen atoms in total. The van der Waals surface area contributed by atoms with Gasteiger partial charge < -0.3 is 14.0 Å². The van der Waals surface area contributed by atoms with Crippen LogP contribution in [-0.4, -0.2) is 21.2 Å². The predicted molar refractivity (Wildman–Crippen MR) is 56.5 cm³/mol. The number of carboxylic acids is 1. The lowest BCUT2D eigenvalue weighted by Crippen LogP contribution is -1.94. The summed E-state index contributed by atoms with van der Waals surface area (Å²) in [5.74, 6) is -0.706. The van der Waals surface area contributed by atoms with E-state index in [-0.39, 0.29) is 5.56 Å². The molecule has 0 saturated heterocycles. The Morgan fingerprint density at radius 1 is 1.29 bits per heavy atom. The lowest BCUT2D eigenvalue weighted by molar-refractivity contribution is 0.0697. The zero-order valence-corrected chi connectivity index (χ0v) is 8.45. The minimum absolute atomic E-state index is 0.153. The summed E-state index contributed by atoms with van der Waals surface area (Å²) in [6, 6.07) is 6.10. The molecule has 3 rings (SSSR count). The van der Waals surface area contributed by atoms with Crippen LogP contribution < -0.4 is 0 Å². The van der Waals surface area contributed by atoms with Crippen molar-refractivity contribution in [1.82, 2.24) is 10.1 Å². The number of rotatable bonds is 2. The van der Waals surface area contributed by atoms with Crippen molar-refractivity contribution in [3.63, 3.8) is 0 Å². The van der Waals surface area contributed by atoms with Crippen LogP contribution in [0.2, 0.25) is 0 Å². The summed E-state index contributed by atoms with van der Waals surface area (Å²) < 4.78 is 10.1. The number of benzene rings is 1. The molecule has 0 bridgehead atoms. The first-order valence-corrected chi connectivity index (χ1v) is 4.79. The Morgan fingerprint density at radius 2 is 2.18 bits per heavy atom. The highest BCUT2D eigenvalue weighted by atomic mass is 16.5. The van der Waals surface area contributed by atoms with Gasteiger partial charge in [0.25, 0.3) is 0 Å². The first kappa shape index (κ1) is 9.59. The van der Waals surface area contributed by atoms with Crippen molar-refractivity contribution in [3.05, 3.63) is 36.1 Å². The predicted octanol–water partition coefficient (Wildman–Crippen LogP) is 2.18. The maximum absolute atomic E-state index is 10.8. The lowest BCUT2D eigenvalue weighted by atomic mass is 10.2. The Kier molecular flexibility index (Phi) is 1.94. The SMILES string of the molecule is O=C(O)c1ccc2nc(-c3ccon3)oc2c1. The van der Waals surface area contributed by atoms with Crippen LogP contribution in [0.3, 0.4) is 0 Å². The quantitative estimate of drug-likeness (QED) is 0.725.